The van der Waals surface area contributed by atoms with E-state index in [2.05, 4.69) is 110 Å². The van der Waals surface area contributed by atoms with E-state index < -0.39 is 43.3 Å². The summed E-state index contributed by atoms with van der Waals surface area (Å²) >= 11 is 6.06. The third-order valence-electron chi connectivity index (χ3n) is 18.7. The monoisotopic (exact) mass is 1460 g/mol. The Labute approximate surface area is 604 Å². The van der Waals surface area contributed by atoms with E-state index >= 15 is 0 Å². The first-order chi connectivity index (χ1) is 49.0. The van der Waals surface area contributed by atoms with E-state index in [4.69, 9.17) is 44.7 Å². The second-order valence-corrected chi connectivity index (χ2v) is 41.5. The highest BCUT2D eigenvalue weighted by atomic mass is 35.5. The van der Waals surface area contributed by atoms with Gasteiger partial charge in [-0.1, -0.05) is 50.9 Å². The van der Waals surface area contributed by atoms with Gasteiger partial charge >= 0.3 is 14.2 Å². The maximum atomic E-state index is 12.6. The van der Waals surface area contributed by atoms with Crippen LogP contribution in [0.25, 0.3) is 88.3 Å². The van der Waals surface area contributed by atoms with E-state index in [1.54, 1.807) is 76.0 Å². The topological polar surface area (TPSA) is 241 Å². The van der Waals surface area contributed by atoms with Crippen molar-refractivity contribution in [1.82, 2.24) is 83.6 Å². The van der Waals surface area contributed by atoms with E-state index in [1.807, 2.05) is 129 Å². The van der Waals surface area contributed by atoms with Gasteiger partial charge < -0.3 is 42.2 Å². The van der Waals surface area contributed by atoms with Gasteiger partial charge in [-0.15, -0.1) is 0 Å². The lowest BCUT2D eigenvalue weighted by Crippen LogP contribution is -2.41. The van der Waals surface area contributed by atoms with Gasteiger partial charge in [0.25, 0.3) is 0 Å². The maximum absolute atomic E-state index is 12.6. The molecule has 2 saturated heterocycles. The van der Waals surface area contributed by atoms with Gasteiger partial charge in [-0.2, -0.15) is 20.4 Å². The number of hydrogen-bond acceptors (Lipinski definition) is 16. The highest BCUT2D eigenvalue weighted by Crippen LogP contribution is 2.38. The first kappa shape index (κ1) is 75.7. The molecule has 0 atom stereocenters. The summed E-state index contributed by atoms with van der Waals surface area (Å²) in [5, 5.41) is 25.8. The molecule has 2 N–H and O–H groups in total. The molecular formula is C72H91B2ClF3N17O6Si2. The summed E-state index contributed by atoms with van der Waals surface area (Å²) in [6, 6.07) is 20.0. The van der Waals surface area contributed by atoms with Crippen LogP contribution >= 0.6 is 11.6 Å². The van der Waals surface area contributed by atoms with E-state index in [0.29, 0.717) is 18.6 Å². The van der Waals surface area contributed by atoms with Gasteiger partial charge in [0.1, 0.15) is 55.6 Å². The van der Waals surface area contributed by atoms with Crippen molar-refractivity contribution in [3.05, 3.63) is 147 Å². The van der Waals surface area contributed by atoms with Crippen molar-refractivity contribution < 1.29 is 41.3 Å². The zero-order valence-corrected chi connectivity index (χ0v) is 63.8. The molecule has 542 valence electrons. The van der Waals surface area contributed by atoms with Crippen LogP contribution in [0, 0.1) is 0 Å². The lowest BCUT2D eigenvalue weighted by atomic mass is 9.82. The minimum Gasteiger partial charge on any atom is -0.399 e. The predicted molar refractivity (Wildman–Crippen MR) is 407 cm³/mol. The molecule has 0 aliphatic carbocycles. The molecule has 0 bridgehead atoms. The Morgan fingerprint density at radius 2 is 0.932 bits per heavy atom. The first-order valence-corrected chi connectivity index (χ1v) is 42.3. The van der Waals surface area contributed by atoms with E-state index in [9.17, 15) is 13.2 Å². The van der Waals surface area contributed by atoms with Gasteiger partial charge in [-0.25, -0.2) is 28.1 Å². The minimum atomic E-state index is -1.14. The summed E-state index contributed by atoms with van der Waals surface area (Å²) < 4.78 is 81.4. The highest BCUT2D eigenvalue weighted by Gasteiger charge is 2.53. The second-order valence-electron chi connectivity index (χ2n) is 29.8. The number of aromatic nitrogens is 17. The fourth-order valence-corrected chi connectivity index (χ4v) is 13.0. The lowest BCUT2D eigenvalue weighted by Gasteiger charge is -2.32. The van der Waals surface area contributed by atoms with Gasteiger partial charge in [-0.3, -0.25) is 34.1 Å². The summed E-state index contributed by atoms with van der Waals surface area (Å²) in [6.45, 7) is 32.2. The van der Waals surface area contributed by atoms with Crippen molar-refractivity contribution in [2.24, 2.45) is 0 Å². The zero-order valence-electron chi connectivity index (χ0n) is 61.1. The van der Waals surface area contributed by atoms with E-state index in [1.165, 1.54) is 0 Å². The molecule has 2 aliphatic heterocycles. The van der Waals surface area contributed by atoms with Crippen LogP contribution in [0.4, 0.5) is 13.2 Å². The fourth-order valence-electron chi connectivity index (χ4n) is 11.3. The van der Waals surface area contributed by atoms with E-state index in [0.717, 1.165) is 125 Å². The van der Waals surface area contributed by atoms with Crippen molar-refractivity contribution >= 4 is 119 Å². The Bertz CT molecular complexity index is 4940. The number of H-pyrrole nitrogens is 2. The van der Waals surface area contributed by atoms with Crippen LogP contribution in [0.3, 0.4) is 0 Å². The number of hydrogen-bond donors (Lipinski definition) is 2. The Hall–Kier alpha value is -8.46. The molecule has 13 aromatic rings. The van der Waals surface area contributed by atoms with Crippen LogP contribution in [0.1, 0.15) is 55.4 Å². The molecule has 2 fully saturated rings. The molecule has 0 saturated carbocycles. The van der Waals surface area contributed by atoms with Gasteiger partial charge in [0, 0.05) is 158 Å². The summed E-state index contributed by atoms with van der Waals surface area (Å²) in [7, 11) is -2.95. The van der Waals surface area contributed by atoms with Gasteiger partial charge in [-0.05, 0) is 122 Å². The molecule has 0 radical (unpaired) electrons. The molecule has 0 spiro atoms. The smallest absolute Gasteiger partial charge is 0.399 e. The molecule has 15 rings (SSSR count). The number of nitrogens with zero attached hydrogens (tertiary/aromatic N) is 15. The molecule has 15 heterocycles. The maximum Gasteiger partial charge on any atom is 0.498 e. The molecule has 31 heteroatoms. The van der Waals surface area contributed by atoms with Crippen molar-refractivity contribution in [3.63, 3.8) is 0 Å². The van der Waals surface area contributed by atoms with Crippen LogP contribution in [0.15, 0.2) is 141 Å². The number of fused-ring (bicyclic) bond motifs is 9. The number of pyridine rings is 6. The second kappa shape index (κ2) is 31.9. The SMILES string of the molecule is CC1(C)OB(c2cn[nH]c2)OC1(C)C.CC1(C)OB(c2cnn(CCF)c2)OC1(C)C.C[Si](C)(C)CCOCn1c2ccncc2c2ccc(-c3cnn(CCF)c3)nc21.C[Si](C)(C)CCOCn1c2ccncc2c2ccc(Cl)nc21.FCCn1cc(-c2ccc3c(n2)[nH]c2ccncc23)cn1. The largest absolute Gasteiger partial charge is 0.498 e. The summed E-state index contributed by atoms with van der Waals surface area (Å²) in [6.07, 6.45) is 24.9. The Kier molecular flexibility index (Phi) is 23.4. The lowest BCUT2D eigenvalue weighted by molar-refractivity contribution is 0.00578. The molecule has 0 amide bonds. The average molecular weight is 1460 g/mol. The van der Waals surface area contributed by atoms with Gasteiger partial charge in [0.2, 0.25) is 0 Å². The van der Waals surface area contributed by atoms with Crippen molar-refractivity contribution in [2.45, 2.75) is 162 Å². The van der Waals surface area contributed by atoms with Crippen LogP contribution in [-0.4, -0.2) is 170 Å². The Balaban J connectivity index is 0.000000132. The molecular weight excluding hydrogens is 1370 g/mol. The number of alkyl halides is 3. The zero-order chi connectivity index (χ0) is 73.5. The first-order valence-electron chi connectivity index (χ1n) is 34.5. The minimum absolute atomic E-state index is 0.249. The number of rotatable bonds is 20. The Morgan fingerprint density at radius 1 is 0.485 bits per heavy atom. The number of ether oxygens (including phenoxy) is 2. The van der Waals surface area contributed by atoms with Crippen molar-refractivity contribution in [2.75, 3.05) is 33.2 Å². The van der Waals surface area contributed by atoms with Crippen LogP contribution in [-0.2, 0) is 61.2 Å². The summed E-state index contributed by atoms with van der Waals surface area (Å²) in [5.74, 6) is 0. The Morgan fingerprint density at radius 3 is 1.43 bits per heavy atom. The van der Waals surface area contributed by atoms with Gasteiger partial charge in [0.05, 0.1) is 82.4 Å². The quantitative estimate of drug-likeness (QED) is 0.0409. The third-order valence-corrected chi connectivity index (χ3v) is 22.3. The molecule has 103 heavy (non-hydrogen) atoms. The van der Waals surface area contributed by atoms with Crippen LogP contribution in [0.2, 0.25) is 56.5 Å². The fraction of sp³-hybridized carbons (Fsp3) is 0.417. The molecule has 0 unspecified atom stereocenters. The van der Waals surface area contributed by atoms with Crippen LogP contribution < -0.4 is 10.9 Å². The predicted octanol–water partition coefficient (Wildman–Crippen LogP) is 14.1. The molecule has 0 aromatic carbocycles. The third kappa shape index (κ3) is 18.0. The summed E-state index contributed by atoms with van der Waals surface area (Å²) in [4.78, 5) is 29.9. The number of halogens is 4. The van der Waals surface area contributed by atoms with Crippen LogP contribution in [0.5, 0.6) is 0 Å². The van der Waals surface area contributed by atoms with Gasteiger partial charge in [0.15, 0.2) is 0 Å². The van der Waals surface area contributed by atoms with E-state index in [-0.39, 0.29) is 49.2 Å². The number of aryl methyl sites for hydroxylation is 3. The molecule has 2 aliphatic rings. The number of aromatic amines is 2. The molecule has 13 aromatic heterocycles. The average Bonchev–Trinajstić information content (AvgIpc) is 1.60. The normalized spacial score (nSPS) is 15.4. The summed E-state index contributed by atoms with van der Waals surface area (Å²) in [5.41, 5.74) is 9.51. The highest BCUT2D eigenvalue weighted by molar-refractivity contribution is 6.76. The number of nitrogens with one attached hydrogen (secondary N) is 2. The van der Waals surface area contributed by atoms with Crippen molar-refractivity contribution in [1.29, 1.82) is 0 Å². The molecule has 23 nitrogen and oxygen atoms in total. The van der Waals surface area contributed by atoms with Crippen molar-refractivity contribution in [3.8, 4) is 22.5 Å². The standard InChI is InChI=1S/C21H26FN5OSi.C16H20ClN3OSi.C15H12FN5.C11H18BFN2O2.C9H15BN2O2/c1-29(2,3)11-10-28-15-27-20-6-8-23-13-18(20)17-4-5-19(25-21(17)27)16-12-24-26(14-16)9-7-22;1-22(2,3)9-8-21-11-20-14-6-7-18-10-13(14)12-4-5-15(17)19-16(12)20;16-4-6-21-9-10(7-18-21)13-2-1-11-12-8-17-5-3-14(12)20-15(11)19-13;1-10(2)11(3,4)17-12(16-10)9-7-14-15(8-9)6-5-13;1-8(2)9(3,4)14-10(13-8)7-5-11-12-6-7/h4-6,8,12-14H,7,9-11,15H2,1-3H3;4-7,10H,8-9,11H2,1-3H3;1-3,5,7-9H,4,6H2,(H,19,20);7-8H,5-6H2,1-4H3;5-6H,1-4H3,(H,11,12).